The lowest BCUT2D eigenvalue weighted by atomic mass is 10.0. The molecule has 0 rings (SSSR count). The van der Waals surface area contributed by atoms with Crippen LogP contribution in [0, 0.1) is 5.92 Å². The lowest BCUT2D eigenvalue weighted by Crippen LogP contribution is -2.50. The molecule has 0 aromatic rings. The summed E-state index contributed by atoms with van der Waals surface area (Å²) in [6, 6.07) is 0.0845. The first-order valence-corrected chi connectivity index (χ1v) is 5.85. The first kappa shape index (κ1) is 14.4. The molecule has 0 aliphatic carbocycles. The first-order valence-electron chi connectivity index (χ1n) is 5.85. The minimum Gasteiger partial charge on any atom is -0.336 e. The molecule has 90 valence electrons. The monoisotopic (exact) mass is 214 g/mol. The number of hydrogen-bond donors (Lipinski definition) is 1. The summed E-state index contributed by atoms with van der Waals surface area (Å²) < 4.78 is 0. The second kappa shape index (κ2) is 6.11. The molecule has 0 bridgehead atoms. The van der Waals surface area contributed by atoms with Gasteiger partial charge in [-0.1, -0.05) is 13.8 Å². The number of hydrogen-bond acceptors (Lipinski definition) is 2. The first-order chi connectivity index (χ1) is 6.77. The number of rotatable bonds is 5. The maximum absolute atomic E-state index is 12.1. The summed E-state index contributed by atoms with van der Waals surface area (Å²) in [6.07, 6.45) is 0.759. The van der Waals surface area contributed by atoms with E-state index >= 15 is 0 Å². The van der Waals surface area contributed by atoms with Gasteiger partial charge in [-0.05, 0) is 40.0 Å². The molecule has 0 saturated carbocycles. The molecular formula is C12H26N2O. The van der Waals surface area contributed by atoms with Gasteiger partial charge in [-0.25, -0.2) is 0 Å². The fraction of sp³-hybridized carbons (Fsp3) is 0.917. The van der Waals surface area contributed by atoms with Crippen molar-refractivity contribution in [2.45, 2.75) is 66.1 Å². The summed E-state index contributed by atoms with van der Waals surface area (Å²) in [4.78, 5) is 13.9. The van der Waals surface area contributed by atoms with Crippen LogP contribution in [0.4, 0.5) is 0 Å². The highest BCUT2D eigenvalue weighted by Crippen LogP contribution is 2.11. The van der Waals surface area contributed by atoms with Crippen molar-refractivity contribution in [1.29, 1.82) is 0 Å². The van der Waals surface area contributed by atoms with Crippen molar-refractivity contribution >= 4 is 5.91 Å². The topological polar surface area (TPSA) is 46.3 Å². The largest absolute Gasteiger partial charge is 0.336 e. The zero-order valence-corrected chi connectivity index (χ0v) is 10.9. The Labute approximate surface area is 94.0 Å². The quantitative estimate of drug-likeness (QED) is 0.761. The van der Waals surface area contributed by atoms with E-state index in [4.69, 9.17) is 5.73 Å². The molecule has 1 amide bonds. The Bertz CT molecular complexity index is 192. The van der Waals surface area contributed by atoms with Gasteiger partial charge in [-0.2, -0.15) is 0 Å². The van der Waals surface area contributed by atoms with Crippen LogP contribution >= 0.6 is 0 Å². The predicted octanol–water partition coefficient (Wildman–Crippen LogP) is 2.01. The SMILES string of the molecule is CC(C)C[C@H](N)C(=O)N(C(C)C)C(C)C. The summed E-state index contributed by atoms with van der Waals surface area (Å²) in [5.74, 6) is 0.541. The van der Waals surface area contributed by atoms with Gasteiger partial charge in [-0.15, -0.1) is 0 Å². The molecule has 2 N–H and O–H groups in total. The van der Waals surface area contributed by atoms with Crippen LogP contribution in [0.2, 0.25) is 0 Å². The predicted molar refractivity (Wildman–Crippen MR) is 64.5 cm³/mol. The minimum atomic E-state index is -0.352. The molecule has 3 heteroatoms. The normalized spacial score (nSPS) is 13.7. The van der Waals surface area contributed by atoms with E-state index in [0.717, 1.165) is 6.42 Å². The van der Waals surface area contributed by atoms with Crippen molar-refractivity contribution in [3.8, 4) is 0 Å². The maximum Gasteiger partial charge on any atom is 0.239 e. The van der Waals surface area contributed by atoms with Crippen molar-refractivity contribution < 1.29 is 4.79 Å². The lowest BCUT2D eigenvalue weighted by Gasteiger charge is -2.33. The van der Waals surface area contributed by atoms with E-state index in [-0.39, 0.29) is 24.0 Å². The summed E-state index contributed by atoms with van der Waals surface area (Å²) in [6.45, 7) is 12.3. The summed E-state index contributed by atoms with van der Waals surface area (Å²) in [5, 5.41) is 0. The molecule has 0 heterocycles. The summed E-state index contributed by atoms with van der Waals surface area (Å²) in [5.41, 5.74) is 5.90. The van der Waals surface area contributed by atoms with E-state index in [1.165, 1.54) is 0 Å². The summed E-state index contributed by atoms with van der Waals surface area (Å²) >= 11 is 0. The third-order valence-corrected chi connectivity index (χ3v) is 2.41. The van der Waals surface area contributed by atoms with E-state index in [1.807, 2.05) is 32.6 Å². The Kier molecular flexibility index (Phi) is 5.88. The van der Waals surface area contributed by atoms with Crippen LogP contribution < -0.4 is 5.73 Å². The van der Waals surface area contributed by atoms with Crippen molar-refractivity contribution in [3.05, 3.63) is 0 Å². The van der Waals surface area contributed by atoms with Gasteiger partial charge < -0.3 is 10.6 Å². The van der Waals surface area contributed by atoms with Crippen LogP contribution in [-0.2, 0) is 4.79 Å². The summed E-state index contributed by atoms with van der Waals surface area (Å²) in [7, 11) is 0. The maximum atomic E-state index is 12.1. The van der Waals surface area contributed by atoms with E-state index in [9.17, 15) is 4.79 Å². The van der Waals surface area contributed by atoms with Crippen LogP contribution in [0.25, 0.3) is 0 Å². The molecule has 0 saturated heterocycles. The standard InChI is InChI=1S/C12H26N2O/c1-8(2)7-11(13)12(15)14(9(3)4)10(5)6/h8-11H,7,13H2,1-6H3/t11-/m0/s1. The fourth-order valence-electron chi connectivity index (χ4n) is 1.91. The molecule has 0 spiro atoms. The van der Waals surface area contributed by atoms with Crippen molar-refractivity contribution in [2.75, 3.05) is 0 Å². The Morgan fingerprint density at radius 3 is 1.73 bits per heavy atom. The van der Waals surface area contributed by atoms with Gasteiger partial charge in [-0.3, -0.25) is 4.79 Å². The Morgan fingerprint density at radius 2 is 1.47 bits per heavy atom. The molecular weight excluding hydrogens is 188 g/mol. The van der Waals surface area contributed by atoms with Gasteiger partial charge in [0.15, 0.2) is 0 Å². The zero-order valence-electron chi connectivity index (χ0n) is 10.9. The lowest BCUT2D eigenvalue weighted by molar-refractivity contribution is -0.136. The molecule has 1 atom stereocenters. The van der Waals surface area contributed by atoms with Crippen LogP contribution in [0.15, 0.2) is 0 Å². The third kappa shape index (κ3) is 4.65. The highest BCUT2D eigenvalue weighted by molar-refractivity contribution is 5.82. The third-order valence-electron chi connectivity index (χ3n) is 2.41. The average Bonchev–Trinajstić information content (AvgIpc) is 2.00. The van der Waals surface area contributed by atoms with Crippen molar-refractivity contribution in [2.24, 2.45) is 11.7 Å². The van der Waals surface area contributed by atoms with Crippen LogP contribution in [0.1, 0.15) is 48.0 Å². The van der Waals surface area contributed by atoms with Crippen LogP contribution in [-0.4, -0.2) is 28.9 Å². The average molecular weight is 214 g/mol. The number of nitrogens with zero attached hydrogens (tertiary/aromatic N) is 1. The second-order valence-corrected chi connectivity index (χ2v) is 5.17. The fourth-order valence-corrected chi connectivity index (χ4v) is 1.91. The highest BCUT2D eigenvalue weighted by atomic mass is 16.2. The highest BCUT2D eigenvalue weighted by Gasteiger charge is 2.25. The van der Waals surface area contributed by atoms with E-state index in [2.05, 4.69) is 13.8 Å². The van der Waals surface area contributed by atoms with E-state index in [0.29, 0.717) is 5.92 Å². The Balaban J connectivity index is 4.50. The Hall–Kier alpha value is -0.570. The molecule has 3 nitrogen and oxygen atoms in total. The zero-order chi connectivity index (χ0) is 12.2. The number of carbonyl (C=O) groups is 1. The molecule has 0 aliphatic rings. The van der Waals surface area contributed by atoms with Crippen LogP contribution in [0.5, 0.6) is 0 Å². The van der Waals surface area contributed by atoms with Crippen molar-refractivity contribution in [3.63, 3.8) is 0 Å². The molecule has 0 fully saturated rings. The molecule has 0 aliphatic heterocycles. The van der Waals surface area contributed by atoms with Gasteiger partial charge >= 0.3 is 0 Å². The number of carbonyl (C=O) groups excluding carboxylic acids is 1. The van der Waals surface area contributed by atoms with Gasteiger partial charge in [0.1, 0.15) is 0 Å². The molecule has 0 radical (unpaired) electrons. The van der Waals surface area contributed by atoms with Gasteiger partial charge in [0, 0.05) is 12.1 Å². The van der Waals surface area contributed by atoms with Crippen LogP contribution in [0.3, 0.4) is 0 Å². The van der Waals surface area contributed by atoms with Gasteiger partial charge in [0.05, 0.1) is 6.04 Å². The number of amides is 1. The van der Waals surface area contributed by atoms with Gasteiger partial charge in [0.25, 0.3) is 0 Å². The van der Waals surface area contributed by atoms with Gasteiger partial charge in [0.2, 0.25) is 5.91 Å². The second-order valence-electron chi connectivity index (χ2n) is 5.17. The molecule has 0 aromatic carbocycles. The molecule has 0 aromatic heterocycles. The van der Waals surface area contributed by atoms with E-state index < -0.39 is 0 Å². The van der Waals surface area contributed by atoms with E-state index in [1.54, 1.807) is 0 Å². The van der Waals surface area contributed by atoms with Crippen molar-refractivity contribution in [1.82, 2.24) is 4.90 Å². The molecule has 15 heavy (non-hydrogen) atoms. The number of nitrogens with two attached hydrogens (primary N) is 1. The Morgan fingerprint density at radius 1 is 1.07 bits per heavy atom. The molecule has 0 unspecified atom stereocenters. The smallest absolute Gasteiger partial charge is 0.239 e. The minimum absolute atomic E-state index is 0.0775.